The summed E-state index contributed by atoms with van der Waals surface area (Å²) in [5, 5.41) is 16.9. The van der Waals surface area contributed by atoms with Crippen LogP contribution < -0.4 is 43.6 Å². The molecule has 3 amide bonds. The van der Waals surface area contributed by atoms with Crippen molar-refractivity contribution in [1.29, 1.82) is 5.26 Å². The highest BCUT2D eigenvalue weighted by Gasteiger charge is 2.45. The second kappa shape index (κ2) is 49.1. The summed E-state index contributed by atoms with van der Waals surface area (Å²) in [5.41, 5.74) is 8.78. The molecule has 141 heavy (non-hydrogen) atoms. The summed E-state index contributed by atoms with van der Waals surface area (Å²) >= 11 is 13.4. The highest BCUT2D eigenvalue weighted by Crippen LogP contribution is 2.43. The van der Waals surface area contributed by atoms with Crippen LogP contribution in [-0.2, 0) is 53.3 Å². The third kappa shape index (κ3) is 24.9. The number of nitrogens with zero attached hydrogens (tertiary/aromatic N) is 23. The average molecular weight is 2040 g/mol. The minimum atomic E-state index is -4.84. The second-order valence-electron chi connectivity index (χ2n) is 36.8. The van der Waals surface area contributed by atoms with Crippen LogP contribution in [0.2, 0.25) is 10.0 Å². The Morgan fingerprint density at radius 2 is 0.837 bits per heavy atom. The number of aromatic nitrogens is 6. The van der Waals surface area contributed by atoms with Gasteiger partial charge in [0.25, 0.3) is 11.8 Å². The number of allylic oxidation sites excluding steroid dienone is 1. The molecule has 39 heteroatoms. The predicted octanol–water partition coefficient (Wildman–Crippen LogP) is 14.5. The molecule has 29 nitrogen and oxygen atoms in total. The van der Waals surface area contributed by atoms with E-state index in [1.54, 1.807) is 9.80 Å². The first-order chi connectivity index (χ1) is 66.2. The van der Waals surface area contributed by atoms with Crippen LogP contribution >= 0.6 is 77.2 Å². The number of ether oxygens (including phenoxy) is 3. The molecule has 9 aliphatic rings. The molecule has 3 aromatic heterocycles. The molecule has 0 radical (unpaired) electrons. The van der Waals surface area contributed by atoms with Crippen LogP contribution in [0.4, 0.5) is 52.1 Å². The van der Waals surface area contributed by atoms with E-state index in [4.69, 9.17) is 92.3 Å². The number of hydrogen-bond donors (Lipinski definition) is 0. The van der Waals surface area contributed by atoms with Crippen LogP contribution in [0.3, 0.4) is 0 Å². The molecule has 9 aromatic rings. The topological polar surface area (TPSA) is 235 Å². The number of fused-ring (bicyclic) bond motifs is 6. The standard InChI is InChI=1S/C35H42ClFN8O2.C34H38N8O2.C33H35ClF3N7O2.4H2S/c1-38-20-26-21-44(18-19-45(26)34(46)29(37)14-16-41(2)3)33-27-13-17-43(31-12-6-9-24-8-5-11-28(36)32(24)31)22-30(27)39-35(40-33)47-23-25-10-7-15-42(25)4;1-24-8-4-9-25-10-5-12-30(32(24)25)40-17-14-28-29(22-40)37-34(44-23-26-11-7-16-39(26)3)38-33(28)41-18-19-42(27(21-41)20-36-2)31(43)13-6-15-35;1-21(33(35,36)37)31(45)44-16-15-43(18-24(44)17-38-2)30-25-12-14-42(28-11-5-8-22-7-4-10-26(34)29(22)28)19-27(25)39-32(40-30)46-20-23-9-6-13-41(23)3;;;;/h5-6,8-9,11-12,14,25-26H,7,10,13,15-23H2,2-4H3;4-6,8-10,12-13,26-27H,7,11,14,16-23H2,1,3H3;4-5,7-8,10-11,23-24H,1,6,9,12-20H2,3H3;4*1H2/b29-14+;13-6-;;;;;/t25-,26-;26-,27-;23-,24-;;;;/m000..../s1. The van der Waals surface area contributed by atoms with Crippen molar-refractivity contribution in [2.45, 2.75) is 127 Å². The number of piperazine rings is 3. The largest absolute Gasteiger partial charge is 0.462 e. The smallest absolute Gasteiger partial charge is 0.421 e. The highest BCUT2D eigenvalue weighted by molar-refractivity contribution is 7.59. The van der Waals surface area contributed by atoms with Gasteiger partial charge in [-0.2, -0.15) is 102 Å². The molecule has 6 fully saturated rings. The number of likely N-dealkylation sites (N-methyl/N-ethyl adjacent to an activating group) is 4. The van der Waals surface area contributed by atoms with E-state index in [1.165, 1.54) is 45.2 Å². The Morgan fingerprint density at radius 3 is 1.19 bits per heavy atom. The van der Waals surface area contributed by atoms with Gasteiger partial charge in [0.15, 0.2) is 5.83 Å². The number of anilines is 6. The fourth-order valence-electron chi connectivity index (χ4n) is 20.4. The number of rotatable bonds is 23. The van der Waals surface area contributed by atoms with Gasteiger partial charge in [-0.15, -0.1) is 0 Å². The maximum Gasteiger partial charge on any atom is 0.421 e. The van der Waals surface area contributed by atoms with Crippen LogP contribution in [0.15, 0.2) is 145 Å². The Bertz CT molecular complexity index is 6230. The maximum atomic E-state index is 14.9. The Hall–Kier alpha value is -11.3. The molecule has 0 spiro atoms. The Kier molecular flexibility index (Phi) is 37.8. The van der Waals surface area contributed by atoms with Gasteiger partial charge in [-0.3, -0.25) is 14.4 Å². The summed E-state index contributed by atoms with van der Waals surface area (Å²) < 4.78 is 73.8. The number of nitriles is 1. The normalized spacial score (nSPS) is 19.9. The van der Waals surface area contributed by atoms with Crippen molar-refractivity contribution in [1.82, 2.24) is 64.2 Å². The Balaban J connectivity index is 0.000000187. The van der Waals surface area contributed by atoms with Gasteiger partial charge in [0, 0.05) is 165 Å². The minimum Gasteiger partial charge on any atom is -0.462 e. The number of aryl methyl sites for hydroxylation is 1. The lowest BCUT2D eigenvalue weighted by Crippen LogP contribution is -2.57. The predicted molar refractivity (Wildman–Crippen MR) is 567 cm³/mol. The van der Waals surface area contributed by atoms with Crippen molar-refractivity contribution in [3.05, 3.63) is 229 Å². The molecular weight excluding hydrogens is 1920 g/mol. The van der Waals surface area contributed by atoms with E-state index in [2.05, 4.69) is 155 Å². The first kappa shape index (κ1) is 108. The van der Waals surface area contributed by atoms with Crippen molar-refractivity contribution in [2.75, 3.05) is 209 Å². The van der Waals surface area contributed by atoms with E-state index in [9.17, 15) is 31.9 Å². The Labute approximate surface area is 860 Å². The Morgan fingerprint density at radius 1 is 0.489 bits per heavy atom. The highest BCUT2D eigenvalue weighted by atomic mass is 35.5. The number of carbonyl (C=O) groups is 3. The van der Waals surface area contributed by atoms with E-state index < -0.39 is 41.5 Å². The van der Waals surface area contributed by atoms with Crippen molar-refractivity contribution in [2.24, 2.45) is 0 Å². The number of hydrogen-bond acceptors (Lipinski definition) is 23. The van der Waals surface area contributed by atoms with Gasteiger partial charge in [-0.1, -0.05) is 109 Å². The van der Waals surface area contributed by atoms with Crippen molar-refractivity contribution >= 4 is 162 Å². The zero-order valence-electron chi connectivity index (χ0n) is 80.3. The van der Waals surface area contributed by atoms with Crippen LogP contribution in [0.5, 0.6) is 18.0 Å². The lowest BCUT2D eigenvalue weighted by Gasteiger charge is -2.41. The van der Waals surface area contributed by atoms with Gasteiger partial charge in [0.2, 0.25) is 25.5 Å². The molecule has 0 saturated carbocycles. The molecule has 6 aromatic carbocycles. The zero-order chi connectivity index (χ0) is 96.3. The summed E-state index contributed by atoms with van der Waals surface area (Å²) in [4.78, 5) is 105. The minimum absolute atomic E-state index is 0. The van der Waals surface area contributed by atoms with Crippen molar-refractivity contribution in [3.8, 4) is 24.1 Å². The van der Waals surface area contributed by atoms with Crippen LogP contribution in [-0.4, -0.2) is 304 Å². The third-order valence-electron chi connectivity index (χ3n) is 27.9. The monoisotopic (exact) mass is 2040 g/mol. The molecule has 748 valence electrons. The molecule has 6 atom stereocenters. The fraction of sp³-hybridized carbons (Fsp3) is 0.461. The SMILES string of the molecule is S.S.S.S.[C-]#[N+]C[C@H]1CN(c2nc(OC[C@@H]3CCCN3C)nc3c2CCN(c2cccc4cccc(C)c24)C3)CCN1C(=O)/C=C\C#N.[C-]#[N+]C[C@H]1CN(c2nc(OC[C@@H]3CCCN3C)nc3c2CCN(c2cccc4cccc(Cl)c24)C3)CCN1C(=O)/C(F)=C\CN(C)C.[C-]#[N+]C[C@H]1CN(c2nc(OC[C@@H]3CCCN3C)nc3c2CCN(c2cccc4cccc(Cl)c24)C3)CCN1C(=O)C(=C)C(F)(F)F. The van der Waals surface area contributed by atoms with Gasteiger partial charge in [0.1, 0.15) is 61.0 Å². The lowest BCUT2D eigenvalue weighted by atomic mass is 9.99. The first-order valence-electron chi connectivity index (χ1n) is 47.0. The molecule has 6 saturated heterocycles. The van der Waals surface area contributed by atoms with E-state index in [0.29, 0.717) is 138 Å². The van der Waals surface area contributed by atoms with E-state index in [-0.39, 0.29) is 124 Å². The molecule has 0 bridgehead atoms. The molecule has 9 aliphatic heterocycles. The van der Waals surface area contributed by atoms with Gasteiger partial charge >= 0.3 is 24.2 Å². The second-order valence-corrected chi connectivity index (χ2v) is 37.6. The van der Waals surface area contributed by atoms with E-state index in [0.717, 1.165) is 161 Å². The van der Waals surface area contributed by atoms with Gasteiger partial charge < -0.3 is 92.4 Å². The number of alkyl halides is 3. The summed E-state index contributed by atoms with van der Waals surface area (Å²) in [6.07, 6.45) is 7.58. The first-order valence-corrected chi connectivity index (χ1v) is 47.8. The zero-order valence-corrected chi connectivity index (χ0v) is 85.9. The van der Waals surface area contributed by atoms with Gasteiger partial charge in [-0.05, 0) is 178 Å². The van der Waals surface area contributed by atoms with Crippen LogP contribution in [0.25, 0.3) is 46.9 Å². The molecule has 18 rings (SSSR count). The summed E-state index contributed by atoms with van der Waals surface area (Å²) in [5.74, 6) is -0.650. The van der Waals surface area contributed by atoms with Gasteiger partial charge in [0.05, 0.1) is 52.8 Å². The van der Waals surface area contributed by atoms with Crippen LogP contribution in [0.1, 0.15) is 77.9 Å². The van der Waals surface area contributed by atoms with E-state index in [1.807, 2.05) is 67.5 Å². The molecule has 0 unspecified atom stereocenters. The molecular formula is C102H123Cl2F4N23O6S4. The number of benzene rings is 6. The number of halogens is 6. The summed E-state index contributed by atoms with van der Waals surface area (Å²) in [6.45, 7) is 39.6. The van der Waals surface area contributed by atoms with Crippen molar-refractivity contribution in [3.63, 3.8) is 0 Å². The number of amides is 3. The summed E-state index contributed by atoms with van der Waals surface area (Å²) in [7, 11) is 9.95. The molecule has 0 N–H and O–H groups in total. The average Bonchev–Trinajstić information content (AvgIpc) is 1.07. The van der Waals surface area contributed by atoms with E-state index >= 15 is 0 Å². The van der Waals surface area contributed by atoms with Crippen LogP contribution in [0, 0.1) is 38.0 Å². The quantitative estimate of drug-likeness (QED) is 0.0250. The number of carbonyl (C=O) groups excluding carboxylic acids is 3. The van der Waals surface area contributed by atoms with Crippen molar-refractivity contribution < 1.29 is 46.2 Å². The molecule has 0 aliphatic carbocycles. The third-order valence-corrected chi connectivity index (χ3v) is 28.5. The number of likely N-dealkylation sites (tertiary alicyclic amines) is 3. The van der Waals surface area contributed by atoms with Gasteiger partial charge in [-0.25, -0.2) is 24.1 Å². The summed E-state index contributed by atoms with van der Waals surface area (Å²) in [6, 6.07) is 39.2. The molecule has 12 heterocycles. The lowest BCUT2D eigenvalue weighted by molar-refractivity contribution is -0.141. The fourth-order valence-corrected chi connectivity index (χ4v) is 21.0. The maximum absolute atomic E-state index is 14.9.